The molecule has 35 heavy (non-hydrogen) atoms. The highest BCUT2D eigenvalue weighted by atomic mass is 79.9. The number of rotatable bonds is 6. The van der Waals surface area contributed by atoms with E-state index in [-0.39, 0.29) is 22.6 Å². The summed E-state index contributed by atoms with van der Waals surface area (Å²) in [5.74, 6) is -2.32. The molecule has 0 saturated carbocycles. The summed E-state index contributed by atoms with van der Waals surface area (Å²) >= 11 is 3.20. The van der Waals surface area contributed by atoms with Gasteiger partial charge in [-0.3, -0.25) is 9.59 Å². The van der Waals surface area contributed by atoms with Crippen LogP contribution in [0.1, 0.15) is 40.5 Å². The van der Waals surface area contributed by atoms with Crippen LogP contribution in [0.4, 0.5) is 26.3 Å². The second-order valence-electron chi connectivity index (χ2n) is 7.17. The minimum absolute atomic E-state index is 0.0176. The van der Waals surface area contributed by atoms with Crippen LogP contribution in [0.15, 0.2) is 53.1 Å². The molecule has 0 aliphatic rings. The Balaban J connectivity index is 2.07. The quantitative estimate of drug-likeness (QED) is 0.198. The van der Waals surface area contributed by atoms with Crippen molar-refractivity contribution in [1.82, 2.24) is 9.55 Å². The molecule has 0 fully saturated rings. The number of halogens is 7. The molecule has 0 aliphatic heterocycles. The molecule has 0 amide bonds. The number of hydrogen-bond donors (Lipinski definition) is 0. The van der Waals surface area contributed by atoms with Crippen LogP contribution in [0.25, 0.3) is 5.69 Å². The number of ether oxygens (including phenoxy) is 2. The molecule has 0 bridgehead atoms. The molecule has 0 saturated heterocycles. The standard InChI is InChI=1S/C22H15BrF6N2O4/c1-11-30-18(21(24,25)26)10-31(11)17-8-5-14(23)9-16(17)19(33)20(34-12(2)32)13-3-6-15(7-4-13)35-22(27,28)29/h3-10,20H,1-2H3. The molecule has 1 aromatic heterocycles. The zero-order valence-electron chi connectivity index (χ0n) is 17.9. The second-order valence-corrected chi connectivity index (χ2v) is 8.09. The van der Waals surface area contributed by atoms with E-state index in [1.165, 1.54) is 25.1 Å². The van der Waals surface area contributed by atoms with E-state index in [1.807, 2.05) is 0 Å². The number of carbonyl (C=O) groups excluding carboxylic acids is 2. The van der Waals surface area contributed by atoms with Crippen molar-refractivity contribution in [2.75, 3.05) is 0 Å². The number of nitrogens with zero attached hydrogens (tertiary/aromatic N) is 2. The summed E-state index contributed by atoms with van der Waals surface area (Å²) < 4.78 is 87.2. The Kier molecular flexibility index (Phi) is 7.29. The van der Waals surface area contributed by atoms with Crippen LogP contribution in [-0.2, 0) is 15.7 Å². The Bertz CT molecular complexity index is 1250. The zero-order valence-corrected chi connectivity index (χ0v) is 19.5. The fourth-order valence-corrected chi connectivity index (χ4v) is 3.55. The molecule has 1 heterocycles. The van der Waals surface area contributed by atoms with Crippen molar-refractivity contribution < 1.29 is 45.4 Å². The fraction of sp³-hybridized carbons (Fsp3) is 0.227. The van der Waals surface area contributed by atoms with E-state index in [1.54, 1.807) is 0 Å². The number of imidazole rings is 1. The molecule has 0 N–H and O–H groups in total. The van der Waals surface area contributed by atoms with E-state index in [4.69, 9.17) is 4.74 Å². The number of alkyl halides is 6. The highest BCUT2D eigenvalue weighted by Gasteiger charge is 2.35. The number of aryl methyl sites for hydroxylation is 1. The predicted octanol–water partition coefficient (Wildman–Crippen LogP) is 6.35. The van der Waals surface area contributed by atoms with Gasteiger partial charge in [-0.1, -0.05) is 28.1 Å². The second kappa shape index (κ2) is 9.72. The molecule has 0 spiro atoms. The fourth-order valence-electron chi connectivity index (χ4n) is 3.19. The van der Waals surface area contributed by atoms with E-state index >= 15 is 0 Å². The lowest BCUT2D eigenvalue weighted by Gasteiger charge is -2.19. The van der Waals surface area contributed by atoms with Gasteiger partial charge in [-0.25, -0.2) is 4.98 Å². The first-order chi connectivity index (χ1) is 16.2. The molecule has 1 unspecified atom stereocenters. The molecule has 3 rings (SSSR count). The van der Waals surface area contributed by atoms with Crippen molar-refractivity contribution in [2.45, 2.75) is 32.5 Å². The van der Waals surface area contributed by atoms with Crippen LogP contribution < -0.4 is 4.74 Å². The number of Topliss-reactive ketones (excluding diaryl/α,β-unsaturated/α-hetero) is 1. The average molecular weight is 565 g/mol. The molecule has 1 atom stereocenters. The predicted molar refractivity (Wildman–Crippen MR) is 113 cm³/mol. The Labute approximate surface area is 202 Å². The van der Waals surface area contributed by atoms with Gasteiger partial charge >= 0.3 is 18.5 Å². The maximum Gasteiger partial charge on any atom is 0.573 e. The molecule has 186 valence electrons. The van der Waals surface area contributed by atoms with Crippen molar-refractivity contribution in [1.29, 1.82) is 0 Å². The lowest BCUT2D eigenvalue weighted by molar-refractivity contribution is -0.274. The van der Waals surface area contributed by atoms with Gasteiger partial charge in [-0.05, 0) is 37.3 Å². The topological polar surface area (TPSA) is 70.4 Å². The molecular weight excluding hydrogens is 550 g/mol. The summed E-state index contributed by atoms with van der Waals surface area (Å²) in [6.07, 6.45) is -10.5. The molecule has 6 nitrogen and oxygen atoms in total. The van der Waals surface area contributed by atoms with Crippen LogP contribution in [0.2, 0.25) is 0 Å². The van der Waals surface area contributed by atoms with Gasteiger partial charge in [0.05, 0.1) is 5.69 Å². The molecule has 0 radical (unpaired) electrons. The first kappa shape index (κ1) is 26.3. The minimum atomic E-state index is -4.93. The number of aromatic nitrogens is 2. The summed E-state index contributed by atoms with van der Waals surface area (Å²) in [5, 5.41) is 0. The van der Waals surface area contributed by atoms with E-state index < -0.39 is 41.8 Å². The smallest absolute Gasteiger partial charge is 0.449 e. The summed E-state index contributed by atoms with van der Waals surface area (Å²) in [7, 11) is 0. The molecule has 0 aliphatic carbocycles. The number of esters is 1. The van der Waals surface area contributed by atoms with Gasteiger partial charge in [-0.15, -0.1) is 13.2 Å². The minimum Gasteiger partial charge on any atom is -0.449 e. The van der Waals surface area contributed by atoms with Gasteiger partial charge in [0.2, 0.25) is 5.78 Å². The van der Waals surface area contributed by atoms with E-state index in [0.29, 0.717) is 4.47 Å². The highest BCUT2D eigenvalue weighted by Crippen LogP contribution is 2.33. The van der Waals surface area contributed by atoms with Gasteiger partial charge < -0.3 is 14.0 Å². The van der Waals surface area contributed by atoms with Crippen LogP contribution in [0.5, 0.6) is 5.75 Å². The van der Waals surface area contributed by atoms with E-state index in [9.17, 15) is 35.9 Å². The van der Waals surface area contributed by atoms with Gasteiger partial charge in [-0.2, -0.15) is 13.2 Å². The Morgan fingerprint density at radius 2 is 1.66 bits per heavy atom. The first-order valence-electron chi connectivity index (χ1n) is 9.66. The highest BCUT2D eigenvalue weighted by molar-refractivity contribution is 9.10. The van der Waals surface area contributed by atoms with Crippen molar-refractivity contribution in [2.24, 2.45) is 0 Å². The van der Waals surface area contributed by atoms with Crippen LogP contribution >= 0.6 is 15.9 Å². The van der Waals surface area contributed by atoms with Crippen molar-refractivity contribution in [3.8, 4) is 11.4 Å². The number of benzene rings is 2. The van der Waals surface area contributed by atoms with Crippen molar-refractivity contribution >= 4 is 27.7 Å². The van der Waals surface area contributed by atoms with Gasteiger partial charge in [0.15, 0.2) is 11.8 Å². The third-order valence-corrected chi connectivity index (χ3v) is 5.09. The number of ketones is 1. The Morgan fingerprint density at radius 3 is 2.17 bits per heavy atom. The van der Waals surface area contributed by atoms with Crippen molar-refractivity contribution in [3.63, 3.8) is 0 Å². The molecular formula is C22H15BrF6N2O4. The van der Waals surface area contributed by atoms with E-state index in [0.717, 1.165) is 42.0 Å². The van der Waals surface area contributed by atoms with Crippen molar-refractivity contribution in [3.05, 3.63) is 75.8 Å². The average Bonchev–Trinajstić information content (AvgIpc) is 3.13. The monoisotopic (exact) mass is 564 g/mol. The summed E-state index contributed by atoms with van der Waals surface area (Å²) in [5.41, 5.74) is -1.26. The van der Waals surface area contributed by atoms with Crippen LogP contribution in [0.3, 0.4) is 0 Å². The largest absolute Gasteiger partial charge is 0.573 e. The third kappa shape index (κ3) is 6.41. The maximum absolute atomic E-state index is 13.5. The Morgan fingerprint density at radius 1 is 1.03 bits per heavy atom. The van der Waals surface area contributed by atoms with Crippen LogP contribution in [-0.4, -0.2) is 27.7 Å². The summed E-state index contributed by atoms with van der Waals surface area (Å²) in [4.78, 5) is 28.7. The zero-order chi connectivity index (χ0) is 26.1. The van der Waals surface area contributed by atoms with Gasteiger partial charge in [0, 0.05) is 28.7 Å². The maximum atomic E-state index is 13.5. The normalized spacial score (nSPS) is 12.8. The first-order valence-corrected chi connectivity index (χ1v) is 10.5. The Hall–Kier alpha value is -3.35. The molecule has 2 aromatic carbocycles. The molecule has 3 aromatic rings. The number of hydrogen-bond acceptors (Lipinski definition) is 5. The summed E-state index contributed by atoms with van der Waals surface area (Å²) in [6.45, 7) is 2.34. The third-order valence-electron chi connectivity index (χ3n) is 4.59. The molecule has 13 heteroatoms. The summed E-state index contributed by atoms with van der Waals surface area (Å²) in [6, 6.07) is 8.26. The SMILES string of the molecule is CC(=O)OC(C(=O)c1cc(Br)ccc1-n1cc(C(F)(F)F)nc1C)c1ccc(OC(F)(F)F)cc1. The number of carbonyl (C=O) groups is 2. The van der Waals surface area contributed by atoms with E-state index in [2.05, 4.69) is 25.7 Å². The lowest BCUT2D eigenvalue weighted by Crippen LogP contribution is -2.21. The van der Waals surface area contributed by atoms with Gasteiger partial charge in [0.25, 0.3) is 0 Å². The van der Waals surface area contributed by atoms with Gasteiger partial charge in [0.1, 0.15) is 11.6 Å². The van der Waals surface area contributed by atoms with Crippen LogP contribution in [0, 0.1) is 6.92 Å². The lowest BCUT2D eigenvalue weighted by atomic mass is 9.98.